The van der Waals surface area contributed by atoms with Crippen LogP contribution in [0.15, 0.2) is 24.5 Å². The van der Waals surface area contributed by atoms with Gasteiger partial charge in [-0.1, -0.05) is 0 Å². The molecule has 0 aliphatic rings. The van der Waals surface area contributed by atoms with Crippen molar-refractivity contribution in [1.82, 2.24) is 4.98 Å². The molecular weight excluding hydrogens is 180 g/mol. The van der Waals surface area contributed by atoms with Gasteiger partial charge in [-0.05, 0) is 26.0 Å². The molecule has 1 amide bonds. The summed E-state index contributed by atoms with van der Waals surface area (Å²) in [6.07, 6.45) is 3.32. The molecule has 0 aliphatic carbocycles. The highest BCUT2D eigenvalue weighted by molar-refractivity contribution is 5.91. The van der Waals surface area contributed by atoms with E-state index in [-0.39, 0.29) is 18.6 Å². The molecule has 76 valence electrons. The third kappa shape index (κ3) is 4.00. The molecule has 0 aromatic carbocycles. The Labute approximate surface area is 83.3 Å². The van der Waals surface area contributed by atoms with Crippen LogP contribution in [0.4, 0.5) is 5.69 Å². The van der Waals surface area contributed by atoms with Crippen LogP contribution in [0.25, 0.3) is 0 Å². The number of amides is 1. The summed E-state index contributed by atoms with van der Waals surface area (Å²) in [5.41, 5.74) is 0.734. The van der Waals surface area contributed by atoms with Crippen molar-refractivity contribution in [3.63, 3.8) is 0 Å². The zero-order chi connectivity index (χ0) is 10.4. The van der Waals surface area contributed by atoms with Gasteiger partial charge in [0, 0.05) is 18.1 Å². The molecule has 0 saturated heterocycles. The Bertz CT molecular complexity index is 285. The first-order valence-corrected chi connectivity index (χ1v) is 4.50. The van der Waals surface area contributed by atoms with Crippen LogP contribution >= 0.6 is 0 Å². The van der Waals surface area contributed by atoms with Gasteiger partial charge in [0.05, 0.1) is 6.10 Å². The normalized spacial score (nSPS) is 10.2. The third-order valence-corrected chi connectivity index (χ3v) is 1.51. The molecule has 1 N–H and O–H groups in total. The average molecular weight is 194 g/mol. The number of aromatic nitrogens is 1. The smallest absolute Gasteiger partial charge is 0.250 e. The number of anilines is 1. The fourth-order valence-corrected chi connectivity index (χ4v) is 0.875. The van der Waals surface area contributed by atoms with Gasteiger partial charge in [-0.15, -0.1) is 0 Å². The molecule has 1 heterocycles. The van der Waals surface area contributed by atoms with E-state index >= 15 is 0 Å². The van der Waals surface area contributed by atoms with Gasteiger partial charge in [-0.25, -0.2) is 0 Å². The monoisotopic (exact) mass is 194 g/mol. The minimum absolute atomic E-state index is 0.0678. The van der Waals surface area contributed by atoms with Gasteiger partial charge in [0.25, 0.3) is 0 Å². The maximum Gasteiger partial charge on any atom is 0.250 e. The van der Waals surface area contributed by atoms with Gasteiger partial charge < -0.3 is 10.1 Å². The second-order valence-corrected chi connectivity index (χ2v) is 3.14. The van der Waals surface area contributed by atoms with Crippen molar-refractivity contribution in [3.8, 4) is 0 Å². The van der Waals surface area contributed by atoms with Crippen LogP contribution in [0.1, 0.15) is 13.8 Å². The number of hydrogen-bond donors (Lipinski definition) is 1. The lowest BCUT2D eigenvalue weighted by atomic mass is 10.4. The molecule has 4 heteroatoms. The first kappa shape index (κ1) is 10.7. The summed E-state index contributed by atoms with van der Waals surface area (Å²) in [7, 11) is 0. The topological polar surface area (TPSA) is 51.2 Å². The number of ether oxygens (including phenoxy) is 1. The summed E-state index contributed by atoms with van der Waals surface area (Å²) in [5.74, 6) is -0.148. The molecule has 1 rings (SSSR count). The molecule has 0 atom stereocenters. The maximum atomic E-state index is 11.3. The van der Waals surface area contributed by atoms with E-state index in [2.05, 4.69) is 10.3 Å². The second-order valence-electron chi connectivity index (χ2n) is 3.14. The summed E-state index contributed by atoms with van der Waals surface area (Å²) < 4.78 is 5.15. The number of rotatable bonds is 4. The van der Waals surface area contributed by atoms with Crippen molar-refractivity contribution in [3.05, 3.63) is 24.5 Å². The molecule has 14 heavy (non-hydrogen) atoms. The van der Waals surface area contributed by atoms with E-state index in [1.165, 1.54) is 0 Å². The van der Waals surface area contributed by atoms with Gasteiger partial charge >= 0.3 is 0 Å². The molecule has 0 unspecified atom stereocenters. The van der Waals surface area contributed by atoms with Crippen LogP contribution in [-0.2, 0) is 9.53 Å². The minimum Gasteiger partial charge on any atom is -0.369 e. The van der Waals surface area contributed by atoms with Crippen LogP contribution in [0.5, 0.6) is 0 Å². The first-order chi connectivity index (χ1) is 6.68. The van der Waals surface area contributed by atoms with Crippen LogP contribution in [0.3, 0.4) is 0 Å². The Morgan fingerprint density at radius 3 is 2.71 bits per heavy atom. The van der Waals surface area contributed by atoms with E-state index in [1.807, 2.05) is 13.8 Å². The van der Waals surface area contributed by atoms with Gasteiger partial charge in [-0.3, -0.25) is 9.78 Å². The SMILES string of the molecule is CC(C)OCC(=O)Nc1ccncc1. The lowest BCUT2D eigenvalue weighted by molar-refractivity contribution is -0.121. The Hall–Kier alpha value is -1.42. The first-order valence-electron chi connectivity index (χ1n) is 4.50. The average Bonchev–Trinajstić information content (AvgIpc) is 2.16. The van der Waals surface area contributed by atoms with Crippen molar-refractivity contribution in [2.75, 3.05) is 11.9 Å². The van der Waals surface area contributed by atoms with Crippen molar-refractivity contribution in [2.45, 2.75) is 20.0 Å². The van der Waals surface area contributed by atoms with Crippen LogP contribution in [0.2, 0.25) is 0 Å². The van der Waals surface area contributed by atoms with Gasteiger partial charge in [-0.2, -0.15) is 0 Å². The molecule has 0 bridgehead atoms. The summed E-state index contributed by atoms with van der Waals surface area (Å²) in [6, 6.07) is 3.46. The molecular formula is C10H14N2O2. The zero-order valence-corrected chi connectivity index (χ0v) is 8.36. The molecule has 1 aromatic rings. The third-order valence-electron chi connectivity index (χ3n) is 1.51. The molecule has 0 aliphatic heterocycles. The zero-order valence-electron chi connectivity index (χ0n) is 8.36. The van der Waals surface area contributed by atoms with E-state index < -0.39 is 0 Å². The number of carbonyl (C=O) groups excluding carboxylic acids is 1. The Balaban J connectivity index is 2.35. The van der Waals surface area contributed by atoms with E-state index in [1.54, 1.807) is 24.5 Å². The number of hydrogen-bond acceptors (Lipinski definition) is 3. The lowest BCUT2D eigenvalue weighted by Gasteiger charge is -2.07. The van der Waals surface area contributed by atoms with E-state index in [0.29, 0.717) is 0 Å². The Morgan fingerprint density at radius 1 is 1.50 bits per heavy atom. The van der Waals surface area contributed by atoms with Crippen molar-refractivity contribution < 1.29 is 9.53 Å². The highest BCUT2D eigenvalue weighted by atomic mass is 16.5. The van der Waals surface area contributed by atoms with Crippen LogP contribution < -0.4 is 5.32 Å². The van der Waals surface area contributed by atoms with Crippen LogP contribution in [-0.4, -0.2) is 23.6 Å². The summed E-state index contributed by atoms with van der Waals surface area (Å²) in [4.78, 5) is 15.1. The van der Waals surface area contributed by atoms with E-state index in [9.17, 15) is 4.79 Å². The molecule has 1 aromatic heterocycles. The van der Waals surface area contributed by atoms with Crippen LogP contribution in [0, 0.1) is 0 Å². The largest absolute Gasteiger partial charge is 0.369 e. The molecule has 0 radical (unpaired) electrons. The predicted octanol–water partition coefficient (Wildman–Crippen LogP) is 1.45. The standard InChI is InChI=1S/C10H14N2O2/c1-8(2)14-7-10(13)12-9-3-5-11-6-4-9/h3-6,8H,7H2,1-2H3,(H,11,12,13). The van der Waals surface area contributed by atoms with Crippen molar-refractivity contribution in [1.29, 1.82) is 0 Å². The Kier molecular flexibility index (Phi) is 4.07. The predicted molar refractivity (Wildman–Crippen MR) is 54.0 cm³/mol. The van der Waals surface area contributed by atoms with Gasteiger partial charge in [0.2, 0.25) is 5.91 Å². The number of nitrogens with one attached hydrogen (secondary N) is 1. The molecule has 0 fully saturated rings. The quantitative estimate of drug-likeness (QED) is 0.789. The Morgan fingerprint density at radius 2 is 2.14 bits per heavy atom. The van der Waals surface area contributed by atoms with Crippen molar-refractivity contribution >= 4 is 11.6 Å². The number of pyridine rings is 1. The summed E-state index contributed by atoms with van der Waals surface area (Å²) in [5, 5.41) is 2.69. The maximum absolute atomic E-state index is 11.3. The number of nitrogens with zero attached hydrogens (tertiary/aromatic N) is 1. The molecule has 0 saturated carbocycles. The van der Waals surface area contributed by atoms with Gasteiger partial charge in [0.1, 0.15) is 6.61 Å². The lowest BCUT2D eigenvalue weighted by Crippen LogP contribution is -2.20. The summed E-state index contributed by atoms with van der Waals surface area (Å²) in [6.45, 7) is 3.86. The van der Waals surface area contributed by atoms with E-state index in [4.69, 9.17) is 4.74 Å². The fourth-order valence-electron chi connectivity index (χ4n) is 0.875. The highest BCUT2D eigenvalue weighted by Gasteiger charge is 2.02. The summed E-state index contributed by atoms with van der Waals surface area (Å²) >= 11 is 0. The van der Waals surface area contributed by atoms with Gasteiger partial charge in [0.15, 0.2) is 0 Å². The molecule has 0 spiro atoms. The molecule has 4 nitrogen and oxygen atoms in total. The van der Waals surface area contributed by atoms with Crippen molar-refractivity contribution in [2.24, 2.45) is 0 Å². The fraction of sp³-hybridized carbons (Fsp3) is 0.400. The van der Waals surface area contributed by atoms with E-state index in [0.717, 1.165) is 5.69 Å². The second kappa shape index (κ2) is 5.34. The minimum atomic E-state index is -0.148. The number of carbonyl (C=O) groups is 1. The highest BCUT2D eigenvalue weighted by Crippen LogP contribution is 2.02.